The van der Waals surface area contributed by atoms with E-state index in [0.717, 1.165) is 42.7 Å². The third kappa shape index (κ3) is 1.89. The van der Waals surface area contributed by atoms with Crippen molar-refractivity contribution >= 4 is 0 Å². The van der Waals surface area contributed by atoms with Crippen LogP contribution < -0.4 is 9.47 Å². The van der Waals surface area contributed by atoms with Crippen molar-refractivity contribution < 1.29 is 14.6 Å². The quantitative estimate of drug-likeness (QED) is 0.811. The SMILES string of the molecule is CC(O)c1ccc2c(c1)OC1(CCCCC1)O2. The molecule has 0 aromatic heterocycles. The summed E-state index contributed by atoms with van der Waals surface area (Å²) in [5.41, 5.74) is 0.875. The second-order valence-corrected chi connectivity index (χ2v) is 5.06. The van der Waals surface area contributed by atoms with Crippen molar-refractivity contribution in [1.29, 1.82) is 0 Å². The van der Waals surface area contributed by atoms with Crippen molar-refractivity contribution in [3.05, 3.63) is 23.8 Å². The molecule has 1 aliphatic carbocycles. The molecule has 17 heavy (non-hydrogen) atoms. The van der Waals surface area contributed by atoms with Crippen molar-refractivity contribution in [2.75, 3.05) is 0 Å². The number of rotatable bonds is 1. The van der Waals surface area contributed by atoms with E-state index in [9.17, 15) is 5.11 Å². The molecule has 1 heterocycles. The van der Waals surface area contributed by atoms with Crippen LogP contribution in [-0.4, -0.2) is 10.9 Å². The summed E-state index contributed by atoms with van der Waals surface area (Å²) in [6.07, 6.45) is 5.06. The summed E-state index contributed by atoms with van der Waals surface area (Å²) in [5, 5.41) is 9.56. The summed E-state index contributed by atoms with van der Waals surface area (Å²) in [6.45, 7) is 1.76. The minimum atomic E-state index is -0.466. The Morgan fingerprint density at radius 1 is 1.12 bits per heavy atom. The van der Waals surface area contributed by atoms with Gasteiger partial charge in [0.1, 0.15) is 0 Å². The molecule has 0 amide bonds. The molecule has 92 valence electrons. The third-order valence-electron chi connectivity index (χ3n) is 3.66. The van der Waals surface area contributed by atoms with E-state index in [4.69, 9.17) is 9.47 Å². The normalized spacial score (nSPS) is 22.7. The fourth-order valence-corrected chi connectivity index (χ4v) is 2.66. The molecule has 3 heteroatoms. The van der Waals surface area contributed by atoms with E-state index < -0.39 is 11.9 Å². The molecule has 1 aliphatic heterocycles. The second kappa shape index (κ2) is 3.91. The van der Waals surface area contributed by atoms with Gasteiger partial charge in [0.15, 0.2) is 11.5 Å². The van der Waals surface area contributed by atoms with Gasteiger partial charge in [-0.25, -0.2) is 0 Å². The molecule has 1 N–H and O–H groups in total. The van der Waals surface area contributed by atoms with E-state index in [1.807, 2.05) is 18.2 Å². The Balaban J connectivity index is 1.87. The Labute approximate surface area is 101 Å². The number of aliphatic hydroxyl groups is 1. The summed E-state index contributed by atoms with van der Waals surface area (Å²) in [7, 11) is 0. The topological polar surface area (TPSA) is 38.7 Å². The summed E-state index contributed by atoms with van der Waals surface area (Å²) in [5.74, 6) is 1.18. The molecule has 3 rings (SSSR count). The minimum Gasteiger partial charge on any atom is -0.448 e. The molecule has 1 spiro atoms. The summed E-state index contributed by atoms with van der Waals surface area (Å²) in [6, 6.07) is 5.69. The molecule has 0 bridgehead atoms. The van der Waals surface area contributed by atoms with Gasteiger partial charge in [-0.15, -0.1) is 0 Å². The Morgan fingerprint density at radius 2 is 1.82 bits per heavy atom. The van der Waals surface area contributed by atoms with E-state index in [1.54, 1.807) is 6.92 Å². The predicted octanol–water partition coefficient (Wildman–Crippen LogP) is 3.17. The lowest BCUT2D eigenvalue weighted by Crippen LogP contribution is -2.40. The van der Waals surface area contributed by atoms with Crippen LogP contribution in [0, 0.1) is 0 Å². The number of ether oxygens (including phenoxy) is 2. The fraction of sp³-hybridized carbons (Fsp3) is 0.571. The largest absolute Gasteiger partial charge is 0.448 e. The second-order valence-electron chi connectivity index (χ2n) is 5.06. The molecule has 1 aromatic carbocycles. The fourth-order valence-electron chi connectivity index (χ4n) is 2.66. The first kappa shape index (κ1) is 10.9. The average Bonchev–Trinajstić information content (AvgIpc) is 2.66. The molecular formula is C14H18O3. The van der Waals surface area contributed by atoms with E-state index in [1.165, 1.54) is 6.42 Å². The van der Waals surface area contributed by atoms with Crippen molar-refractivity contribution in [2.24, 2.45) is 0 Å². The molecule has 1 saturated carbocycles. The standard InChI is InChI=1S/C14H18O3/c1-10(15)11-5-6-12-13(9-11)17-14(16-12)7-3-2-4-8-14/h5-6,9-10,15H,2-4,7-8H2,1H3. The monoisotopic (exact) mass is 234 g/mol. The third-order valence-corrected chi connectivity index (χ3v) is 3.66. The van der Waals surface area contributed by atoms with Crippen molar-refractivity contribution in [1.82, 2.24) is 0 Å². The number of aliphatic hydroxyl groups excluding tert-OH is 1. The number of hydrogen-bond acceptors (Lipinski definition) is 3. The Bertz CT molecular complexity index is 419. The lowest BCUT2D eigenvalue weighted by molar-refractivity contribution is -0.105. The smallest absolute Gasteiger partial charge is 0.251 e. The number of hydrogen-bond donors (Lipinski definition) is 1. The maximum absolute atomic E-state index is 9.56. The van der Waals surface area contributed by atoms with E-state index in [0.29, 0.717) is 0 Å². The highest BCUT2D eigenvalue weighted by molar-refractivity contribution is 5.46. The van der Waals surface area contributed by atoms with Crippen molar-refractivity contribution in [3.63, 3.8) is 0 Å². The van der Waals surface area contributed by atoms with E-state index >= 15 is 0 Å². The molecule has 1 unspecified atom stereocenters. The number of fused-ring (bicyclic) bond motifs is 1. The van der Waals surface area contributed by atoms with Gasteiger partial charge in [-0.1, -0.05) is 12.5 Å². The zero-order valence-corrected chi connectivity index (χ0v) is 10.1. The number of benzene rings is 1. The Morgan fingerprint density at radius 3 is 2.53 bits per heavy atom. The maximum atomic E-state index is 9.56. The molecule has 2 aliphatic rings. The lowest BCUT2D eigenvalue weighted by atomic mass is 9.94. The van der Waals surface area contributed by atoms with E-state index in [-0.39, 0.29) is 0 Å². The van der Waals surface area contributed by atoms with Crippen LogP contribution in [0.5, 0.6) is 11.5 Å². The van der Waals surface area contributed by atoms with E-state index in [2.05, 4.69) is 0 Å². The average molecular weight is 234 g/mol. The predicted molar refractivity (Wildman–Crippen MR) is 64.1 cm³/mol. The summed E-state index contributed by atoms with van der Waals surface area (Å²) < 4.78 is 12.0. The van der Waals surface area contributed by atoms with Crippen LogP contribution in [0.15, 0.2) is 18.2 Å². The molecular weight excluding hydrogens is 216 g/mol. The van der Waals surface area contributed by atoms with Gasteiger partial charge in [-0.2, -0.15) is 0 Å². The van der Waals surface area contributed by atoms with Crippen LogP contribution in [0.4, 0.5) is 0 Å². The van der Waals surface area contributed by atoms with Crippen LogP contribution >= 0.6 is 0 Å². The first-order valence-electron chi connectivity index (χ1n) is 6.39. The van der Waals surface area contributed by atoms with Gasteiger partial charge in [0, 0.05) is 12.8 Å². The van der Waals surface area contributed by atoms with Gasteiger partial charge in [-0.05, 0) is 37.5 Å². The van der Waals surface area contributed by atoms with Gasteiger partial charge in [-0.3, -0.25) is 0 Å². The molecule has 1 atom stereocenters. The Kier molecular flexibility index (Phi) is 2.51. The molecule has 1 aromatic rings. The van der Waals surface area contributed by atoms with Crippen LogP contribution in [0.25, 0.3) is 0 Å². The molecule has 0 saturated heterocycles. The molecule has 1 fully saturated rings. The van der Waals surface area contributed by atoms with Crippen molar-refractivity contribution in [3.8, 4) is 11.5 Å². The van der Waals surface area contributed by atoms with Gasteiger partial charge in [0.25, 0.3) is 5.79 Å². The van der Waals surface area contributed by atoms with Crippen LogP contribution in [0.1, 0.15) is 50.7 Å². The highest BCUT2D eigenvalue weighted by Crippen LogP contribution is 2.46. The molecule has 0 radical (unpaired) electrons. The molecule has 3 nitrogen and oxygen atoms in total. The first-order valence-corrected chi connectivity index (χ1v) is 6.39. The highest BCUT2D eigenvalue weighted by Gasteiger charge is 2.42. The van der Waals surface area contributed by atoms with Gasteiger partial charge in [0.2, 0.25) is 0 Å². The summed E-state index contributed by atoms with van der Waals surface area (Å²) in [4.78, 5) is 0. The van der Waals surface area contributed by atoms with Gasteiger partial charge < -0.3 is 14.6 Å². The zero-order valence-electron chi connectivity index (χ0n) is 10.1. The van der Waals surface area contributed by atoms with Crippen LogP contribution in [-0.2, 0) is 0 Å². The van der Waals surface area contributed by atoms with Gasteiger partial charge in [0.05, 0.1) is 6.10 Å². The van der Waals surface area contributed by atoms with Crippen molar-refractivity contribution in [2.45, 2.75) is 50.9 Å². The minimum absolute atomic E-state index is 0.419. The zero-order chi connectivity index (χ0) is 11.9. The first-order chi connectivity index (χ1) is 8.19. The lowest BCUT2D eigenvalue weighted by Gasteiger charge is -2.31. The Hall–Kier alpha value is -1.22. The van der Waals surface area contributed by atoms with Crippen LogP contribution in [0.2, 0.25) is 0 Å². The summed E-state index contributed by atoms with van der Waals surface area (Å²) >= 11 is 0. The highest BCUT2D eigenvalue weighted by atomic mass is 16.7. The van der Waals surface area contributed by atoms with Gasteiger partial charge >= 0.3 is 0 Å². The maximum Gasteiger partial charge on any atom is 0.251 e. The van der Waals surface area contributed by atoms with Crippen LogP contribution in [0.3, 0.4) is 0 Å².